The van der Waals surface area contributed by atoms with E-state index in [1.165, 1.54) is 22.7 Å². The number of thiazole rings is 1. The highest BCUT2D eigenvalue weighted by molar-refractivity contribution is 7.13. The van der Waals surface area contributed by atoms with Crippen LogP contribution in [0, 0.1) is 32.1 Å². The van der Waals surface area contributed by atoms with Crippen LogP contribution in [0.4, 0.5) is 0 Å². The summed E-state index contributed by atoms with van der Waals surface area (Å²) in [6, 6.07) is 7.57. The topological polar surface area (TPSA) is 85.0 Å². The van der Waals surface area contributed by atoms with E-state index < -0.39 is 24.3 Å². The summed E-state index contributed by atoms with van der Waals surface area (Å²) in [5.41, 5.74) is 3.15. The number of nitriles is 1. The second-order valence-corrected chi connectivity index (χ2v) is 7.81. The Balaban J connectivity index is 1.73. The van der Waals surface area contributed by atoms with Crippen LogP contribution in [0.25, 0.3) is 5.00 Å². The third-order valence-corrected chi connectivity index (χ3v) is 5.94. The van der Waals surface area contributed by atoms with Gasteiger partial charge in [0.25, 0.3) is 0 Å². The minimum absolute atomic E-state index is 0.397. The van der Waals surface area contributed by atoms with E-state index in [9.17, 15) is 14.9 Å². The number of aryl methyl sites for hydroxylation is 3. The maximum Gasteiger partial charge on any atom is 0.341 e. The normalized spacial score (nSPS) is 11.8. The second-order valence-electron chi connectivity index (χ2n) is 6.02. The Kier molecular flexibility index (Phi) is 5.54. The Bertz CT molecular complexity index is 1020. The van der Waals surface area contributed by atoms with Gasteiger partial charge in [0.1, 0.15) is 10.0 Å². The van der Waals surface area contributed by atoms with Crippen molar-refractivity contribution in [1.29, 1.82) is 5.26 Å². The van der Waals surface area contributed by atoms with E-state index in [-0.39, 0.29) is 0 Å². The molecule has 0 spiro atoms. The standard InChI is InChI=1S/C19H17N3O3S2/c1-11-10-27-17(21-11)15(8-20)16(23)9-25-19(24)14-6-7-26-18(14)22-12(2)4-5-13(22)3/h4-7,10,15H,9H2,1-3H3/t15-/m1/s1. The molecule has 0 aromatic carbocycles. The van der Waals surface area contributed by atoms with Gasteiger partial charge in [-0.3, -0.25) is 4.79 Å². The van der Waals surface area contributed by atoms with Crippen molar-refractivity contribution in [2.45, 2.75) is 26.7 Å². The first-order chi connectivity index (χ1) is 12.9. The van der Waals surface area contributed by atoms with Gasteiger partial charge >= 0.3 is 5.97 Å². The minimum atomic E-state index is -1.02. The summed E-state index contributed by atoms with van der Waals surface area (Å²) in [5, 5.41) is 14.0. The van der Waals surface area contributed by atoms with Gasteiger partial charge < -0.3 is 9.30 Å². The predicted octanol–water partition coefficient (Wildman–Crippen LogP) is 3.95. The number of thiophene rings is 1. The fourth-order valence-electron chi connectivity index (χ4n) is 2.69. The molecule has 0 radical (unpaired) electrons. The van der Waals surface area contributed by atoms with E-state index in [0.29, 0.717) is 10.6 Å². The molecule has 3 rings (SSSR count). The highest BCUT2D eigenvalue weighted by atomic mass is 32.1. The van der Waals surface area contributed by atoms with Crippen molar-refractivity contribution >= 4 is 34.4 Å². The number of aromatic nitrogens is 2. The molecule has 0 aliphatic rings. The van der Waals surface area contributed by atoms with Gasteiger partial charge in [-0.1, -0.05) is 0 Å². The fourth-order valence-corrected chi connectivity index (χ4v) is 4.55. The number of hydrogen-bond acceptors (Lipinski definition) is 7. The van der Waals surface area contributed by atoms with Gasteiger partial charge in [-0.25, -0.2) is 9.78 Å². The molecule has 0 bridgehead atoms. The number of esters is 1. The van der Waals surface area contributed by atoms with Crippen molar-refractivity contribution in [3.05, 3.63) is 56.6 Å². The van der Waals surface area contributed by atoms with Crippen LogP contribution >= 0.6 is 22.7 Å². The maximum atomic E-state index is 12.5. The second kappa shape index (κ2) is 7.86. The average molecular weight is 399 g/mol. The lowest BCUT2D eigenvalue weighted by Gasteiger charge is -2.10. The van der Waals surface area contributed by atoms with Gasteiger partial charge in [-0.15, -0.1) is 22.7 Å². The quantitative estimate of drug-likeness (QED) is 0.586. The molecule has 0 saturated heterocycles. The maximum absolute atomic E-state index is 12.5. The first-order valence-electron chi connectivity index (χ1n) is 8.16. The van der Waals surface area contributed by atoms with Crippen LogP contribution in [-0.4, -0.2) is 27.9 Å². The molecule has 0 aliphatic heterocycles. The number of nitrogens with zero attached hydrogens (tertiary/aromatic N) is 3. The number of rotatable bonds is 6. The summed E-state index contributed by atoms with van der Waals surface area (Å²) in [6.07, 6.45) is 0. The molecule has 3 heterocycles. The van der Waals surface area contributed by atoms with Crippen LogP contribution in [0.15, 0.2) is 29.0 Å². The van der Waals surface area contributed by atoms with Crippen molar-refractivity contribution in [3.8, 4) is 11.1 Å². The van der Waals surface area contributed by atoms with Crippen molar-refractivity contribution in [3.63, 3.8) is 0 Å². The largest absolute Gasteiger partial charge is 0.454 e. The first kappa shape index (κ1) is 19.0. The third kappa shape index (κ3) is 3.84. The van der Waals surface area contributed by atoms with Crippen LogP contribution < -0.4 is 0 Å². The first-order valence-corrected chi connectivity index (χ1v) is 9.92. The van der Waals surface area contributed by atoms with Gasteiger partial charge in [0, 0.05) is 22.5 Å². The van der Waals surface area contributed by atoms with E-state index in [1.807, 2.05) is 42.0 Å². The monoisotopic (exact) mass is 399 g/mol. The summed E-state index contributed by atoms with van der Waals surface area (Å²) in [4.78, 5) is 29.0. The minimum Gasteiger partial charge on any atom is -0.454 e. The van der Waals surface area contributed by atoms with E-state index >= 15 is 0 Å². The summed E-state index contributed by atoms with van der Waals surface area (Å²) in [5.74, 6) is -2.09. The molecule has 3 aromatic rings. The Morgan fingerprint density at radius 3 is 2.52 bits per heavy atom. The molecule has 1 atom stereocenters. The van der Waals surface area contributed by atoms with Crippen molar-refractivity contribution in [2.75, 3.05) is 6.61 Å². The molecule has 0 saturated carbocycles. The molecule has 0 aliphatic carbocycles. The molecular weight excluding hydrogens is 382 g/mol. The molecule has 27 heavy (non-hydrogen) atoms. The molecule has 3 aromatic heterocycles. The number of ketones is 1. The van der Waals surface area contributed by atoms with Gasteiger partial charge in [0.2, 0.25) is 0 Å². The van der Waals surface area contributed by atoms with Gasteiger partial charge in [-0.2, -0.15) is 5.26 Å². The number of ether oxygens (including phenoxy) is 1. The number of Topliss-reactive ketones (excluding diaryl/α,β-unsaturated/α-hetero) is 1. The lowest BCUT2D eigenvalue weighted by atomic mass is 10.1. The molecule has 0 fully saturated rings. The zero-order valence-corrected chi connectivity index (χ0v) is 16.7. The van der Waals surface area contributed by atoms with Crippen LogP contribution in [-0.2, 0) is 9.53 Å². The Hall–Kier alpha value is -2.76. The molecular formula is C19H17N3O3S2. The van der Waals surface area contributed by atoms with E-state index in [4.69, 9.17) is 4.74 Å². The van der Waals surface area contributed by atoms with Crippen molar-refractivity contribution in [1.82, 2.24) is 9.55 Å². The predicted molar refractivity (Wildman–Crippen MR) is 104 cm³/mol. The van der Waals surface area contributed by atoms with Crippen LogP contribution in [0.2, 0.25) is 0 Å². The number of carbonyl (C=O) groups is 2. The van der Waals surface area contributed by atoms with Gasteiger partial charge in [0.05, 0.1) is 11.6 Å². The molecule has 0 amide bonds. The molecule has 8 heteroatoms. The lowest BCUT2D eigenvalue weighted by molar-refractivity contribution is -0.122. The summed E-state index contributed by atoms with van der Waals surface area (Å²) in [7, 11) is 0. The fraction of sp³-hybridized carbons (Fsp3) is 0.263. The highest BCUT2D eigenvalue weighted by Gasteiger charge is 2.25. The summed E-state index contributed by atoms with van der Waals surface area (Å²) in [6.45, 7) is 5.24. The zero-order valence-electron chi connectivity index (χ0n) is 15.1. The molecule has 138 valence electrons. The molecule has 6 nitrogen and oxygen atoms in total. The number of hydrogen-bond donors (Lipinski definition) is 0. The van der Waals surface area contributed by atoms with Crippen LogP contribution in [0.3, 0.4) is 0 Å². The Labute approximate surface area is 164 Å². The SMILES string of the molecule is Cc1csc([C@H](C#N)C(=O)COC(=O)c2ccsc2-n2c(C)ccc2C)n1. The Morgan fingerprint density at radius 2 is 1.93 bits per heavy atom. The van der Waals surface area contributed by atoms with E-state index in [2.05, 4.69) is 4.98 Å². The summed E-state index contributed by atoms with van der Waals surface area (Å²) >= 11 is 2.68. The van der Waals surface area contributed by atoms with Crippen LogP contribution in [0.5, 0.6) is 0 Å². The smallest absolute Gasteiger partial charge is 0.341 e. The van der Waals surface area contributed by atoms with Gasteiger partial charge in [-0.05, 0) is 44.4 Å². The van der Waals surface area contributed by atoms with Crippen LogP contribution in [0.1, 0.15) is 38.4 Å². The number of carbonyl (C=O) groups excluding carboxylic acids is 2. The van der Waals surface area contributed by atoms with E-state index in [1.54, 1.807) is 18.4 Å². The van der Waals surface area contributed by atoms with Crippen molar-refractivity contribution < 1.29 is 14.3 Å². The molecule has 0 N–H and O–H groups in total. The zero-order chi connectivity index (χ0) is 19.6. The molecule has 0 unspecified atom stereocenters. The third-order valence-electron chi connectivity index (χ3n) is 4.02. The van der Waals surface area contributed by atoms with Gasteiger partial charge in [0.15, 0.2) is 18.3 Å². The van der Waals surface area contributed by atoms with E-state index in [0.717, 1.165) is 22.1 Å². The average Bonchev–Trinajstić information content (AvgIpc) is 3.34. The van der Waals surface area contributed by atoms with Crippen molar-refractivity contribution in [2.24, 2.45) is 0 Å². The highest BCUT2D eigenvalue weighted by Crippen LogP contribution is 2.27. The lowest BCUT2D eigenvalue weighted by Crippen LogP contribution is -2.20. The summed E-state index contributed by atoms with van der Waals surface area (Å²) < 4.78 is 7.18. The Morgan fingerprint density at radius 1 is 1.22 bits per heavy atom.